The summed E-state index contributed by atoms with van der Waals surface area (Å²) in [4.78, 5) is 4.37. The van der Waals surface area contributed by atoms with Crippen LogP contribution in [0, 0.1) is 0 Å². The summed E-state index contributed by atoms with van der Waals surface area (Å²) in [5.41, 5.74) is 1.55. The van der Waals surface area contributed by atoms with Gasteiger partial charge in [0.15, 0.2) is 0 Å². The van der Waals surface area contributed by atoms with Crippen LogP contribution in [0.2, 0.25) is 0 Å². The van der Waals surface area contributed by atoms with Crippen LogP contribution in [0.25, 0.3) is 10.9 Å². The zero-order chi connectivity index (χ0) is 16.3. The molecule has 1 atom stereocenters. The Balaban J connectivity index is 0.00000208. The molecule has 2 aromatic rings. The predicted molar refractivity (Wildman–Crippen MR) is 99.9 cm³/mol. The third-order valence-corrected chi connectivity index (χ3v) is 6.17. The van der Waals surface area contributed by atoms with E-state index in [0.29, 0.717) is 6.54 Å². The van der Waals surface area contributed by atoms with Crippen LogP contribution in [0.4, 0.5) is 0 Å². The van der Waals surface area contributed by atoms with Gasteiger partial charge in [0.1, 0.15) is 0 Å². The van der Waals surface area contributed by atoms with Gasteiger partial charge in [-0.2, -0.15) is 4.31 Å². The fourth-order valence-corrected chi connectivity index (χ4v) is 5.10. The number of nitrogens with one attached hydrogen (secondary N) is 1. The Morgan fingerprint density at radius 1 is 1.29 bits per heavy atom. The van der Waals surface area contributed by atoms with Gasteiger partial charge < -0.3 is 5.32 Å². The van der Waals surface area contributed by atoms with Gasteiger partial charge in [0.25, 0.3) is 0 Å². The van der Waals surface area contributed by atoms with Crippen molar-refractivity contribution in [1.29, 1.82) is 0 Å². The Bertz CT molecular complexity index is 771. The molecule has 0 aliphatic carbocycles. The number of halogens is 1. The zero-order valence-corrected chi connectivity index (χ0v) is 15.4. The first kappa shape index (κ1) is 19.1. The molecular weight excluding hydrogens is 346 g/mol. The van der Waals surface area contributed by atoms with Gasteiger partial charge in [-0.05, 0) is 31.0 Å². The van der Waals surface area contributed by atoms with E-state index in [9.17, 15) is 8.42 Å². The predicted octanol–water partition coefficient (Wildman–Crippen LogP) is 2.56. The molecule has 1 saturated heterocycles. The van der Waals surface area contributed by atoms with Crippen molar-refractivity contribution in [2.45, 2.75) is 31.6 Å². The van der Waals surface area contributed by atoms with E-state index in [1.807, 2.05) is 37.3 Å². The van der Waals surface area contributed by atoms with E-state index in [1.54, 1.807) is 10.5 Å². The van der Waals surface area contributed by atoms with Gasteiger partial charge in [-0.3, -0.25) is 4.98 Å². The largest absolute Gasteiger partial charge is 0.315 e. The molecule has 1 aliphatic rings. The number of sulfonamides is 1. The number of pyridine rings is 1. The molecule has 1 N–H and O–H groups in total. The molecule has 1 aromatic heterocycles. The van der Waals surface area contributed by atoms with Crippen LogP contribution < -0.4 is 5.32 Å². The van der Waals surface area contributed by atoms with E-state index < -0.39 is 10.0 Å². The topological polar surface area (TPSA) is 62.3 Å². The Hall–Kier alpha value is -1.21. The van der Waals surface area contributed by atoms with Crippen molar-refractivity contribution in [3.63, 3.8) is 0 Å². The standard InChI is InChI=1S/C17H23N3O2S.ClH/c1-2-11-20(16-8-10-18-12-16)23(21,22)13-15-6-3-5-14-7-4-9-19-17(14)15;/h3-7,9,16,18H,2,8,10-13H2,1H3;1H. The van der Waals surface area contributed by atoms with E-state index in [2.05, 4.69) is 10.3 Å². The van der Waals surface area contributed by atoms with Crippen molar-refractivity contribution in [3.8, 4) is 0 Å². The van der Waals surface area contributed by atoms with Crippen molar-refractivity contribution < 1.29 is 8.42 Å². The van der Waals surface area contributed by atoms with Gasteiger partial charge in [0.05, 0.1) is 11.3 Å². The van der Waals surface area contributed by atoms with Gasteiger partial charge in [0.2, 0.25) is 10.0 Å². The number of hydrogen-bond acceptors (Lipinski definition) is 4. The molecule has 24 heavy (non-hydrogen) atoms. The molecule has 2 heterocycles. The lowest BCUT2D eigenvalue weighted by molar-refractivity contribution is 0.334. The average Bonchev–Trinajstić information content (AvgIpc) is 3.06. The number of fused-ring (bicyclic) bond motifs is 1. The zero-order valence-electron chi connectivity index (χ0n) is 13.8. The fourth-order valence-electron chi connectivity index (χ4n) is 3.22. The number of hydrogen-bond donors (Lipinski definition) is 1. The Labute approximate surface area is 149 Å². The highest BCUT2D eigenvalue weighted by molar-refractivity contribution is 7.88. The smallest absolute Gasteiger partial charge is 0.218 e. The first-order valence-corrected chi connectivity index (χ1v) is 9.75. The van der Waals surface area contributed by atoms with Crippen LogP contribution in [0.1, 0.15) is 25.3 Å². The van der Waals surface area contributed by atoms with Crippen LogP contribution in [0.5, 0.6) is 0 Å². The maximum absolute atomic E-state index is 13.0. The molecule has 0 spiro atoms. The molecule has 5 nitrogen and oxygen atoms in total. The molecule has 7 heteroatoms. The Morgan fingerprint density at radius 2 is 2.08 bits per heavy atom. The van der Waals surface area contributed by atoms with Gasteiger partial charge in [0, 0.05) is 30.7 Å². The highest BCUT2D eigenvalue weighted by atomic mass is 35.5. The molecule has 1 fully saturated rings. The molecule has 0 saturated carbocycles. The SMILES string of the molecule is CCCN(C1CCNC1)S(=O)(=O)Cc1cccc2cccnc12.Cl. The highest BCUT2D eigenvalue weighted by Gasteiger charge is 2.31. The van der Waals surface area contributed by atoms with Gasteiger partial charge in [-0.25, -0.2) is 8.42 Å². The van der Waals surface area contributed by atoms with E-state index >= 15 is 0 Å². The van der Waals surface area contributed by atoms with Crippen LogP contribution in [-0.2, 0) is 15.8 Å². The van der Waals surface area contributed by atoms with Gasteiger partial charge >= 0.3 is 0 Å². The third-order valence-electron chi connectivity index (χ3n) is 4.30. The molecular formula is C17H24ClN3O2S. The van der Waals surface area contributed by atoms with Crippen molar-refractivity contribution in [3.05, 3.63) is 42.1 Å². The minimum atomic E-state index is -3.36. The summed E-state index contributed by atoms with van der Waals surface area (Å²) < 4.78 is 27.7. The average molecular weight is 370 g/mol. The first-order chi connectivity index (χ1) is 11.1. The first-order valence-electron chi connectivity index (χ1n) is 8.14. The molecule has 0 bridgehead atoms. The highest BCUT2D eigenvalue weighted by Crippen LogP contribution is 2.22. The second kappa shape index (κ2) is 8.25. The number of para-hydroxylation sites is 1. The maximum atomic E-state index is 13.0. The maximum Gasteiger partial charge on any atom is 0.218 e. The normalized spacial score (nSPS) is 18.0. The monoisotopic (exact) mass is 369 g/mol. The van der Waals surface area contributed by atoms with Crippen molar-refractivity contribution in [2.24, 2.45) is 0 Å². The Morgan fingerprint density at radius 3 is 2.79 bits per heavy atom. The van der Waals surface area contributed by atoms with Crippen LogP contribution >= 0.6 is 12.4 Å². The molecule has 0 amide bonds. The van der Waals surface area contributed by atoms with Crippen molar-refractivity contribution in [1.82, 2.24) is 14.6 Å². The van der Waals surface area contributed by atoms with Crippen molar-refractivity contribution >= 4 is 33.3 Å². The van der Waals surface area contributed by atoms with Crippen LogP contribution in [0.15, 0.2) is 36.5 Å². The minimum absolute atomic E-state index is 0. The van der Waals surface area contributed by atoms with Crippen molar-refractivity contribution in [2.75, 3.05) is 19.6 Å². The van der Waals surface area contributed by atoms with E-state index in [-0.39, 0.29) is 24.2 Å². The molecule has 1 unspecified atom stereocenters. The molecule has 0 radical (unpaired) electrons. The molecule has 3 rings (SSSR count). The fraction of sp³-hybridized carbons (Fsp3) is 0.471. The molecule has 1 aliphatic heterocycles. The quantitative estimate of drug-likeness (QED) is 0.850. The second-order valence-corrected chi connectivity index (χ2v) is 7.93. The summed E-state index contributed by atoms with van der Waals surface area (Å²) in [5.74, 6) is 0.0118. The number of aromatic nitrogens is 1. The van der Waals surface area contributed by atoms with Crippen LogP contribution in [-0.4, -0.2) is 43.4 Å². The summed E-state index contributed by atoms with van der Waals surface area (Å²) in [6.45, 7) is 4.22. The summed E-state index contributed by atoms with van der Waals surface area (Å²) >= 11 is 0. The lowest BCUT2D eigenvalue weighted by Crippen LogP contribution is -2.42. The van der Waals surface area contributed by atoms with Crippen LogP contribution in [0.3, 0.4) is 0 Å². The molecule has 1 aromatic carbocycles. The summed E-state index contributed by atoms with van der Waals surface area (Å²) in [7, 11) is -3.36. The third kappa shape index (κ3) is 4.06. The summed E-state index contributed by atoms with van der Waals surface area (Å²) in [5, 5.41) is 4.23. The summed E-state index contributed by atoms with van der Waals surface area (Å²) in [6, 6.07) is 9.63. The van der Waals surface area contributed by atoms with E-state index in [0.717, 1.165) is 42.4 Å². The summed E-state index contributed by atoms with van der Waals surface area (Å²) in [6.07, 6.45) is 3.42. The lowest BCUT2D eigenvalue weighted by Gasteiger charge is -2.27. The second-order valence-electron chi connectivity index (χ2n) is 6.01. The molecule has 132 valence electrons. The van der Waals surface area contributed by atoms with E-state index in [4.69, 9.17) is 0 Å². The van der Waals surface area contributed by atoms with Gasteiger partial charge in [-0.1, -0.05) is 31.2 Å². The lowest BCUT2D eigenvalue weighted by atomic mass is 10.1. The van der Waals surface area contributed by atoms with Gasteiger partial charge in [-0.15, -0.1) is 12.4 Å². The number of rotatable bonds is 6. The van der Waals surface area contributed by atoms with E-state index in [1.165, 1.54) is 0 Å². The number of nitrogens with zero attached hydrogens (tertiary/aromatic N) is 2. The number of benzene rings is 1. The Kier molecular flexibility index (Phi) is 6.57. The minimum Gasteiger partial charge on any atom is -0.315 e.